The number of hydrogen-bond donors (Lipinski definition) is 3. The molecule has 0 aliphatic heterocycles. The van der Waals surface area contributed by atoms with Crippen LogP contribution in [0.3, 0.4) is 0 Å². The molecule has 37 heavy (non-hydrogen) atoms. The van der Waals surface area contributed by atoms with Crippen molar-refractivity contribution in [1.82, 2.24) is 4.57 Å². The molecule has 0 aliphatic rings. The van der Waals surface area contributed by atoms with Crippen LogP contribution < -0.4 is 0 Å². The summed E-state index contributed by atoms with van der Waals surface area (Å²) in [6.07, 6.45) is 0.369. The summed E-state index contributed by atoms with van der Waals surface area (Å²) < 4.78 is 15.8. The molecule has 5 aromatic rings. The number of hydrogen-bond acceptors (Lipinski definition) is 5. The van der Waals surface area contributed by atoms with Crippen molar-refractivity contribution in [3.05, 3.63) is 108 Å². The Labute approximate surface area is 211 Å². The first-order valence-corrected chi connectivity index (χ1v) is 11.5. The van der Waals surface area contributed by atoms with Crippen LogP contribution in [0.2, 0.25) is 0 Å². The number of nitrogens with zero attached hydrogens (tertiary/aromatic N) is 3. The van der Waals surface area contributed by atoms with E-state index in [0.29, 0.717) is 40.6 Å². The molecule has 0 amide bonds. The van der Waals surface area contributed by atoms with E-state index in [1.165, 1.54) is 18.2 Å². The van der Waals surface area contributed by atoms with Gasteiger partial charge in [0.1, 0.15) is 11.5 Å². The van der Waals surface area contributed by atoms with Crippen molar-refractivity contribution in [2.24, 2.45) is 10.2 Å². The molecule has 0 bridgehead atoms. The SMILES string of the molecule is O=C(O)c1cccc(-c2cccc(N=Nc3c(O)n(CCc4ccccc4F)c4ccccc34)c2O)c1. The van der Waals surface area contributed by atoms with Gasteiger partial charge in [-0.3, -0.25) is 0 Å². The average Bonchev–Trinajstić information content (AvgIpc) is 3.18. The largest absolute Gasteiger partial charge is 0.505 e. The highest BCUT2D eigenvalue weighted by molar-refractivity contribution is 5.95. The molecule has 0 unspecified atom stereocenters. The van der Waals surface area contributed by atoms with Crippen molar-refractivity contribution in [3.8, 4) is 22.8 Å². The molecular weight excluding hydrogens is 473 g/mol. The van der Waals surface area contributed by atoms with Gasteiger partial charge in [-0.15, -0.1) is 10.2 Å². The number of halogens is 1. The molecule has 4 aromatic carbocycles. The summed E-state index contributed by atoms with van der Waals surface area (Å²) in [6.45, 7) is 0.323. The van der Waals surface area contributed by atoms with E-state index in [1.807, 2.05) is 18.2 Å². The van der Waals surface area contributed by atoms with E-state index in [2.05, 4.69) is 10.2 Å². The first-order valence-electron chi connectivity index (χ1n) is 11.5. The minimum absolute atomic E-state index is 0.0945. The Morgan fingerprint density at radius 3 is 2.43 bits per heavy atom. The van der Waals surface area contributed by atoms with Gasteiger partial charge in [-0.25, -0.2) is 9.18 Å². The number of para-hydroxylation sites is 2. The van der Waals surface area contributed by atoms with Gasteiger partial charge in [-0.1, -0.05) is 60.7 Å². The van der Waals surface area contributed by atoms with Gasteiger partial charge >= 0.3 is 5.97 Å². The Bertz CT molecular complexity index is 1660. The zero-order chi connectivity index (χ0) is 25.9. The van der Waals surface area contributed by atoms with Crippen LogP contribution in [-0.2, 0) is 13.0 Å². The maximum absolute atomic E-state index is 14.1. The van der Waals surface area contributed by atoms with Gasteiger partial charge in [-0.05, 0) is 47.9 Å². The van der Waals surface area contributed by atoms with Gasteiger partial charge in [0.15, 0.2) is 11.4 Å². The van der Waals surface area contributed by atoms with Crippen molar-refractivity contribution in [1.29, 1.82) is 0 Å². The number of phenols is 1. The highest BCUT2D eigenvalue weighted by atomic mass is 19.1. The van der Waals surface area contributed by atoms with Gasteiger partial charge in [0.25, 0.3) is 0 Å². The molecule has 7 nitrogen and oxygen atoms in total. The predicted octanol–water partition coefficient (Wildman–Crippen LogP) is 7.21. The number of benzene rings is 4. The monoisotopic (exact) mass is 495 g/mol. The second kappa shape index (κ2) is 9.94. The number of aryl methyl sites for hydroxylation is 2. The average molecular weight is 496 g/mol. The highest BCUT2D eigenvalue weighted by Gasteiger charge is 2.17. The summed E-state index contributed by atoms with van der Waals surface area (Å²) in [5.41, 5.74) is 2.64. The topological polar surface area (TPSA) is 107 Å². The fourth-order valence-electron chi connectivity index (χ4n) is 4.30. The van der Waals surface area contributed by atoms with Gasteiger partial charge < -0.3 is 19.9 Å². The molecule has 0 atom stereocenters. The zero-order valence-corrected chi connectivity index (χ0v) is 19.5. The standard InChI is InChI=1S/C29H22FN3O4/c30-23-12-3-1-7-18(23)15-16-33-25-14-4-2-10-22(25)26(28(33)35)32-31-24-13-6-11-21(27(24)34)19-8-5-9-20(17-19)29(36)37/h1-14,17,34-35H,15-16H2,(H,36,37). The molecule has 8 heteroatoms. The molecule has 1 heterocycles. The Morgan fingerprint density at radius 1 is 0.865 bits per heavy atom. The molecule has 3 N–H and O–H groups in total. The maximum Gasteiger partial charge on any atom is 0.335 e. The molecule has 1 aromatic heterocycles. The third-order valence-electron chi connectivity index (χ3n) is 6.17. The molecular formula is C29H22FN3O4. The lowest BCUT2D eigenvalue weighted by Gasteiger charge is -2.08. The Hall–Kier alpha value is -4.98. The summed E-state index contributed by atoms with van der Waals surface area (Å²) >= 11 is 0. The second-order valence-corrected chi connectivity index (χ2v) is 8.44. The van der Waals surface area contributed by atoms with Gasteiger partial charge in [0, 0.05) is 17.5 Å². The number of rotatable bonds is 7. The molecule has 0 saturated carbocycles. The van der Waals surface area contributed by atoms with E-state index in [-0.39, 0.29) is 34.4 Å². The van der Waals surface area contributed by atoms with Crippen molar-refractivity contribution >= 4 is 28.2 Å². The second-order valence-electron chi connectivity index (χ2n) is 8.44. The number of aromatic carboxylic acids is 1. The van der Waals surface area contributed by atoms with E-state index < -0.39 is 5.97 Å². The van der Waals surface area contributed by atoms with Crippen LogP contribution in [0.1, 0.15) is 15.9 Å². The summed E-state index contributed by atoms with van der Waals surface area (Å²) in [5, 5.41) is 40.3. The number of carboxylic acid groups (broad SMARTS) is 1. The fraction of sp³-hybridized carbons (Fsp3) is 0.0690. The van der Waals surface area contributed by atoms with Crippen LogP contribution in [0, 0.1) is 5.82 Å². The molecule has 5 rings (SSSR count). The molecule has 0 radical (unpaired) electrons. The minimum atomic E-state index is -1.07. The maximum atomic E-state index is 14.1. The smallest absolute Gasteiger partial charge is 0.335 e. The third-order valence-corrected chi connectivity index (χ3v) is 6.17. The van der Waals surface area contributed by atoms with Crippen molar-refractivity contribution in [2.75, 3.05) is 0 Å². The molecule has 0 saturated heterocycles. The van der Waals surface area contributed by atoms with Gasteiger partial charge in [0.05, 0.1) is 11.1 Å². The quantitative estimate of drug-likeness (QED) is 0.207. The fourth-order valence-corrected chi connectivity index (χ4v) is 4.30. The summed E-state index contributed by atoms with van der Waals surface area (Å²) in [5.74, 6) is -1.66. The number of carboxylic acids is 1. The Morgan fingerprint density at radius 2 is 1.62 bits per heavy atom. The number of fused-ring (bicyclic) bond motifs is 1. The number of aromatic hydroxyl groups is 2. The van der Waals surface area contributed by atoms with Crippen molar-refractivity contribution in [3.63, 3.8) is 0 Å². The van der Waals surface area contributed by atoms with Crippen LogP contribution in [0.4, 0.5) is 15.8 Å². The van der Waals surface area contributed by atoms with Gasteiger partial charge in [0.2, 0.25) is 5.88 Å². The normalized spacial score (nSPS) is 11.4. The molecule has 184 valence electrons. The van der Waals surface area contributed by atoms with Crippen LogP contribution in [0.15, 0.2) is 101 Å². The first-order chi connectivity index (χ1) is 17.9. The molecule has 0 aliphatic carbocycles. The number of phenolic OH excluding ortho intramolecular Hbond substituents is 1. The predicted molar refractivity (Wildman–Crippen MR) is 138 cm³/mol. The van der Waals surface area contributed by atoms with Crippen LogP contribution in [0.5, 0.6) is 11.6 Å². The van der Waals surface area contributed by atoms with Crippen LogP contribution in [-0.4, -0.2) is 25.9 Å². The number of azo groups is 1. The Balaban J connectivity index is 1.50. The van der Waals surface area contributed by atoms with E-state index >= 15 is 0 Å². The lowest BCUT2D eigenvalue weighted by atomic mass is 10.0. The lowest BCUT2D eigenvalue weighted by molar-refractivity contribution is 0.0697. The Kier molecular flexibility index (Phi) is 6.38. The number of carbonyl (C=O) groups is 1. The highest BCUT2D eigenvalue weighted by Crippen LogP contribution is 2.42. The van der Waals surface area contributed by atoms with E-state index in [4.69, 9.17) is 0 Å². The summed E-state index contributed by atoms with van der Waals surface area (Å²) in [4.78, 5) is 11.3. The molecule has 0 fully saturated rings. The number of aromatic nitrogens is 1. The van der Waals surface area contributed by atoms with Crippen LogP contribution in [0.25, 0.3) is 22.0 Å². The zero-order valence-electron chi connectivity index (χ0n) is 19.5. The van der Waals surface area contributed by atoms with Gasteiger partial charge in [-0.2, -0.15) is 0 Å². The van der Waals surface area contributed by atoms with E-state index in [1.54, 1.807) is 59.2 Å². The first kappa shape index (κ1) is 23.7. The third kappa shape index (κ3) is 4.64. The molecule has 0 spiro atoms. The van der Waals surface area contributed by atoms with E-state index in [9.17, 15) is 24.5 Å². The lowest BCUT2D eigenvalue weighted by Crippen LogP contribution is -2.02. The van der Waals surface area contributed by atoms with E-state index in [0.717, 1.165) is 0 Å². The summed E-state index contributed by atoms with van der Waals surface area (Å²) in [7, 11) is 0. The van der Waals surface area contributed by atoms with Crippen LogP contribution >= 0.6 is 0 Å². The van der Waals surface area contributed by atoms with Crippen molar-refractivity contribution < 1.29 is 24.5 Å². The summed E-state index contributed by atoms with van der Waals surface area (Å²) in [6, 6.07) is 24.9. The minimum Gasteiger partial charge on any atom is -0.505 e. The van der Waals surface area contributed by atoms with Crippen molar-refractivity contribution in [2.45, 2.75) is 13.0 Å².